The summed E-state index contributed by atoms with van der Waals surface area (Å²) in [6.45, 7) is 2.16. The van der Waals surface area contributed by atoms with Crippen LogP contribution in [0.5, 0.6) is 0 Å². The van der Waals surface area contributed by atoms with Gasteiger partial charge in [0.1, 0.15) is 9.88 Å². The number of rotatable bonds is 6. The summed E-state index contributed by atoms with van der Waals surface area (Å²) in [7, 11) is 0. The van der Waals surface area contributed by atoms with Crippen molar-refractivity contribution in [1.82, 2.24) is 20.1 Å². The van der Waals surface area contributed by atoms with Crippen molar-refractivity contribution in [3.8, 4) is 22.0 Å². The summed E-state index contributed by atoms with van der Waals surface area (Å²) >= 11 is 7.37. The number of halogens is 1. The number of aryl methyl sites for hydroxylation is 1. The number of carbonyl (C=O) groups excluding carboxylic acids is 1. The normalized spacial score (nSPS) is 13.4. The van der Waals surface area contributed by atoms with E-state index in [1.165, 1.54) is 11.3 Å². The Morgan fingerprint density at radius 3 is 2.55 bits per heavy atom. The molecule has 0 radical (unpaired) electrons. The first kappa shape index (κ1) is 19.9. The Morgan fingerprint density at radius 1 is 1.10 bits per heavy atom. The molecular weight excluding hydrogens is 432 g/mol. The van der Waals surface area contributed by atoms with Crippen LogP contribution in [0.3, 0.4) is 0 Å². The maximum Gasteiger partial charge on any atom is 0.266 e. The van der Waals surface area contributed by atoms with Gasteiger partial charge in [0.05, 0.1) is 12.2 Å². The Hall–Kier alpha value is -3.03. The molecule has 0 bridgehead atoms. The second-order valence-corrected chi connectivity index (χ2v) is 8.91. The van der Waals surface area contributed by atoms with E-state index < -0.39 is 0 Å². The summed E-state index contributed by atoms with van der Waals surface area (Å²) in [6, 6.07) is 17.3. The molecule has 6 nitrogen and oxygen atoms in total. The Labute approximate surface area is 188 Å². The van der Waals surface area contributed by atoms with Crippen LogP contribution in [0.4, 0.5) is 0 Å². The van der Waals surface area contributed by atoms with Crippen LogP contribution in [0.25, 0.3) is 22.0 Å². The number of amides is 1. The minimum Gasteiger partial charge on any atom is -0.419 e. The molecule has 2 heterocycles. The smallest absolute Gasteiger partial charge is 0.266 e. The second-order valence-electron chi connectivity index (χ2n) is 7.47. The lowest BCUT2D eigenvalue weighted by atomic mass is 10.2. The third-order valence-electron chi connectivity index (χ3n) is 5.12. The SMILES string of the molecule is Cc1nc(-c2ccccc2)sc1C(=O)N(Cc1nnc(-c2ccc(Cl)cc2)o1)C1CC1. The second kappa shape index (κ2) is 8.24. The molecule has 1 aliphatic carbocycles. The van der Waals surface area contributed by atoms with Gasteiger partial charge in [0.2, 0.25) is 11.8 Å². The van der Waals surface area contributed by atoms with Crippen LogP contribution in [0.1, 0.15) is 34.1 Å². The van der Waals surface area contributed by atoms with Gasteiger partial charge in [0.15, 0.2) is 0 Å². The highest BCUT2D eigenvalue weighted by atomic mass is 35.5. The minimum atomic E-state index is -0.0362. The van der Waals surface area contributed by atoms with Crippen molar-refractivity contribution in [3.05, 3.63) is 76.1 Å². The number of hydrogen-bond acceptors (Lipinski definition) is 6. The number of hydrogen-bond donors (Lipinski definition) is 0. The fourth-order valence-corrected chi connectivity index (χ4v) is 4.51. The number of thiazole rings is 1. The van der Waals surface area contributed by atoms with Crippen molar-refractivity contribution in [2.75, 3.05) is 0 Å². The Bertz CT molecular complexity index is 1220. The van der Waals surface area contributed by atoms with Crippen LogP contribution >= 0.6 is 22.9 Å². The van der Waals surface area contributed by atoms with Gasteiger partial charge in [-0.3, -0.25) is 4.79 Å². The van der Waals surface area contributed by atoms with Crippen molar-refractivity contribution >= 4 is 28.8 Å². The quantitative estimate of drug-likeness (QED) is 0.381. The molecule has 2 aromatic carbocycles. The van der Waals surface area contributed by atoms with Gasteiger partial charge in [-0.15, -0.1) is 21.5 Å². The average Bonchev–Trinajstić information content (AvgIpc) is 3.39. The van der Waals surface area contributed by atoms with E-state index in [1.807, 2.05) is 54.3 Å². The molecule has 8 heteroatoms. The van der Waals surface area contributed by atoms with Gasteiger partial charge in [-0.1, -0.05) is 41.9 Å². The van der Waals surface area contributed by atoms with Crippen LogP contribution in [0.15, 0.2) is 59.0 Å². The zero-order valence-electron chi connectivity index (χ0n) is 16.8. The van der Waals surface area contributed by atoms with E-state index in [9.17, 15) is 4.79 Å². The van der Waals surface area contributed by atoms with Crippen molar-refractivity contribution in [2.24, 2.45) is 0 Å². The Morgan fingerprint density at radius 2 is 1.84 bits per heavy atom. The summed E-state index contributed by atoms with van der Waals surface area (Å²) in [5.41, 5.74) is 2.54. The largest absolute Gasteiger partial charge is 0.419 e. The van der Waals surface area contributed by atoms with Crippen LogP contribution in [0.2, 0.25) is 5.02 Å². The van der Waals surface area contributed by atoms with Gasteiger partial charge >= 0.3 is 0 Å². The molecule has 0 saturated heterocycles. The molecule has 0 atom stereocenters. The summed E-state index contributed by atoms with van der Waals surface area (Å²) in [6.07, 6.45) is 1.96. The average molecular weight is 451 g/mol. The lowest BCUT2D eigenvalue weighted by Crippen LogP contribution is -2.32. The van der Waals surface area contributed by atoms with Gasteiger partial charge in [0, 0.05) is 22.2 Å². The Balaban J connectivity index is 1.38. The Kier molecular flexibility index (Phi) is 5.29. The molecule has 5 rings (SSSR count). The molecule has 2 aromatic heterocycles. The lowest BCUT2D eigenvalue weighted by Gasteiger charge is -2.19. The number of benzene rings is 2. The summed E-state index contributed by atoms with van der Waals surface area (Å²) < 4.78 is 5.84. The van der Waals surface area contributed by atoms with E-state index in [0.717, 1.165) is 34.7 Å². The molecule has 4 aromatic rings. The summed E-state index contributed by atoms with van der Waals surface area (Å²) in [4.78, 5) is 20.5. The predicted octanol–water partition coefficient (Wildman–Crippen LogP) is 5.63. The summed E-state index contributed by atoms with van der Waals surface area (Å²) in [5, 5.41) is 9.78. The van der Waals surface area contributed by atoms with Crippen LogP contribution in [0, 0.1) is 6.92 Å². The molecule has 1 aliphatic rings. The fraction of sp³-hybridized carbons (Fsp3) is 0.217. The highest BCUT2D eigenvalue weighted by Crippen LogP contribution is 2.34. The maximum atomic E-state index is 13.4. The molecule has 31 heavy (non-hydrogen) atoms. The molecule has 156 valence electrons. The summed E-state index contributed by atoms with van der Waals surface area (Å²) in [5.74, 6) is 0.789. The molecule has 0 unspecified atom stereocenters. The van der Waals surface area contributed by atoms with E-state index in [4.69, 9.17) is 16.0 Å². The minimum absolute atomic E-state index is 0.0362. The zero-order chi connectivity index (χ0) is 21.4. The molecular formula is C23H19ClN4O2S. The zero-order valence-corrected chi connectivity index (χ0v) is 18.4. The van der Waals surface area contributed by atoms with E-state index in [1.54, 1.807) is 12.1 Å². The standard InChI is InChI=1S/C23H19ClN4O2S/c1-14-20(31-22(25-14)16-5-3-2-4-6-16)23(29)28(18-11-12-18)13-19-26-27-21(30-19)15-7-9-17(24)10-8-15/h2-10,18H,11-13H2,1H3. The van der Waals surface area contributed by atoms with E-state index in [2.05, 4.69) is 15.2 Å². The van der Waals surface area contributed by atoms with Gasteiger partial charge in [-0.25, -0.2) is 4.98 Å². The molecule has 1 saturated carbocycles. The fourth-order valence-electron chi connectivity index (χ4n) is 3.35. The highest BCUT2D eigenvalue weighted by Gasteiger charge is 2.36. The molecule has 0 spiro atoms. The van der Waals surface area contributed by atoms with E-state index in [-0.39, 0.29) is 18.5 Å². The monoisotopic (exact) mass is 450 g/mol. The first-order valence-corrected chi connectivity index (χ1v) is 11.2. The van der Waals surface area contributed by atoms with E-state index in [0.29, 0.717) is 21.7 Å². The van der Waals surface area contributed by atoms with Crippen LogP contribution < -0.4 is 0 Å². The van der Waals surface area contributed by atoms with Crippen molar-refractivity contribution < 1.29 is 9.21 Å². The third kappa shape index (κ3) is 4.24. The lowest BCUT2D eigenvalue weighted by molar-refractivity contribution is 0.0718. The molecule has 1 amide bonds. The maximum absolute atomic E-state index is 13.4. The number of nitrogens with zero attached hydrogens (tertiary/aromatic N) is 4. The van der Waals surface area contributed by atoms with Gasteiger partial charge in [-0.2, -0.15) is 0 Å². The molecule has 1 fully saturated rings. The molecule has 0 N–H and O–H groups in total. The number of aromatic nitrogens is 3. The van der Waals surface area contributed by atoms with Crippen LogP contribution in [-0.4, -0.2) is 32.0 Å². The first-order valence-electron chi connectivity index (χ1n) is 10.0. The van der Waals surface area contributed by atoms with Gasteiger partial charge in [0.25, 0.3) is 5.91 Å². The topological polar surface area (TPSA) is 72.1 Å². The van der Waals surface area contributed by atoms with E-state index >= 15 is 0 Å². The molecule has 0 aliphatic heterocycles. The van der Waals surface area contributed by atoms with Crippen molar-refractivity contribution in [3.63, 3.8) is 0 Å². The van der Waals surface area contributed by atoms with Crippen LogP contribution in [-0.2, 0) is 6.54 Å². The van der Waals surface area contributed by atoms with Crippen molar-refractivity contribution in [1.29, 1.82) is 0 Å². The highest BCUT2D eigenvalue weighted by molar-refractivity contribution is 7.17. The van der Waals surface area contributed by atoms with Crippen molar-refractivity contribution in [2.45, 2.75) is 32.4 Å². The third-order valence-corrected chi connectivity index (χ3v) is 6.57. The van der Waals surface area contributed by atoms with Gasteiger partial charge in [-0.05, 0) is 44.0 Å². The first-order chi connectivity index (χ1) is 15.1. The number of carbonyl (C=O) groups is 1. The predicted molar refractivity (Wildman–Crippen MR) is 120 cm³/mol. The van der Waals surface area contributed by atoms with Gasteiger partial charge < -0.3 is 9.32 Å².